The van der Waals surface area contributed by atoms with Crippen molar-refractivity contribution in [3.8, 4) is 0 Å². The van der Waals surface area contributed by atoms with Crippen LogP contribution in [0.25, 0.3) is 0 Å². The zero-order valence-electron chi connectivity index (χ0n) is 12.6. The molecule has 0 aromatic carbocycles. The maximum absolute atomic E-state index is 10.9. The third-order valence-corrected chi connectivity index (χ3v) is 5.52. The molecule has 2 aromatic rings. The quantitative estimate of drug-likeness (QED) is 0.868. The Labute approximate surface area is 141 Å². The molecular weight excluding hydrogens is 364 g/mol. The highest BCUT2D eigenvalue weighted by Gasteiger charge is 2.51. The predicted octanol–water partition coefficient (Wildman–Crippen LogP) is 1.52. The van der Waals surface area contributed by atoms with Crippen molar-refractivity contribution in [2.45, 2.75) is 44.3 Å². The third-order valence-electron chi connectivity index (χ3n) is 4.44. The zero-order chi connectivity index (χ0) is 16.0. The smallest absolute Gasteiger partial charge is 0.192 e. The van der Waals surface area contributed by atoms with Gasteiger partial charge in [-0.3, -0.25) is 4.98 Å². The highest BCUT2D eigenvalue weighted by molar-refractivity contribution is 9.10. The number of pyridine rings is 1. The number of aromatic nitrogens is 4. The van der Waals surface area contributed by atoms with Crippen LogP contribution < -0.4 is 0 Å². The van der Waals surface area contributed by atoms with Gasteiger partial charge in [0.1, 0.15) is 5.69 Å². The minimum Gasteiger partial charge on any atom is -0.378 e. The van der Waals surface area contributed by atoms with Crippen molar-refractivity contribution in [3.05, 3.63) is 39.9 Å². The lowest BCUT2D eigenvalue weighted by Gasteiger charge is -2.34. The molecule has 1 unspecified atom stereocenters. The van der Waals surface area contributed by atoms with Crippen molar-refractivity contribution in [2.24, 2.45) is 0 Å². The van der Waals surface area contributed by atoms with E-state index in [9.17, 15) is 5.11 Å². The van der Waals surface area contributed by atoms with Crippen molar-refractivity contribution in [2.75, 3.05) is 6.61 Å². The Kier molecular flexibility index (Phi) is 3.72. The van der Waals surface area contributed by atoms with E-state index in [1.807, 2.05) is 13.0 Å². The monoisotopic (exact) mass is 380 g/mol. The van der Waals surface area contributed by atoms with Crippen LogP contribution in [0.4, 0.5) is 0 Å². The van der Waals surface area contributed by atoms with E-state index >= 15 is 0 Å². The van der Waals surface area contributed by atoms with Crippen molar-refractivity contribution in [1.29, 1.82) is 0 Å². The molecule has 2 aromatic heterocycles. The van der Waals surface area contributed by atoms with E-state index in [1.54, 1.807) is 17.1 Å². The van der Waals surface area contributed by atoms with E-state index < -0.39 is 11.9 Å². The van der Waals surface area contributed by atoms with Crippen LogP contribution in [0, 0.1) is 6.92 Å². The first-order valence-electron chi connectivity index (χ1n) is 7.56. The van der Waals surface area contributed by atoms with Gasteiger partial charge in [0.05, 0.1) is 31.1 Å². The van der Waals surface area contributed by atoms with E-state index in [0.717, 1.165) is 22.2 Å². The van der Waals surface area contributed by atoms with E-state index in [1.165, 1.54) is 0 Å². The highest BCUT2D eigenvalue weighted by atomic mass is 79.9. The second kappa shape index (κ2) is 5.62. The minimum atomic E-state index is -1.23. The van der Waals surface area contributed by atoms with Gasteiger partial charge in [-0.1, -0.05) is 5.21 Å². The van der Waals surface area contributed by atoms with Gasteiger partial charge in [-0.15, -0.1) is 5.10 Å². The van der Waals surface area contributed by atoms with Crippen LogP contribution in [-0.2, 0) is 21.6 Å². The molecule has 2 saturated heterocycles. The summed E-state index contributed by atoms with van der Waals surface area (Å²) in [6, 6.07) is 1.94. The second-order valence-electron chi connectivity index (χ2n) is 6.08. The summed E-state index contributed by atoms with van der Waals surface area (Å²) in [6.45, 7) is 3.01. The summed E-state index contributed by atoms with van der Waals surface area (Å²) < 4.78 is 13.8. The van der Waals surface area contributed by atoms with Gasteiger partial charge in [0.15, 0.2) is 11.9 Å². The van der Waals surface area contributed by atoms with Gasteiger partial charge in [0, 0.05) is 10.7 Å². The number of ether oxygens (including phenoxy) is 2. The van der Waals surface area contributed by atoms with Crippen LogP contribution in [-0.4, -0.2) is 44.1 Å². The maximum atomic E-state index is 10.9. The van der Waals surface area contributed by atoms with E-state index in [2.05, 4.69) is 31.2 Å². The SMILES string of the molecule is Cc1ccnc(Cn2cc(C3(O)CC[C@H]4CO[C@@H]3O4)nn2)c1Br. The summed E-state index contributed by atoms with van der Waals surface area (Å²) in [6.07, 6.45) is 4.25. The summed E-state index contributed by atoms with van der Waals surface area (Å²) >= 11 is 3.54. The zero-order valence-corrected chi connectivity index (χ0v) is 14.2. The minimum absolute atomic E-state index is 0.0859. The Bertz CT molecular complexity index is 737. The van der Waals surface area contributed by atoms with Crippen molar-refractivity contribution in [1.82, 2.24) is 20.0 Å². The van der Waals surface area contributed by atoms with E-state index in [-0.39, 0.29) is 6.10 Å². The average molecular weight is 381 g/mol. The lowest BCUT2D eigenvalue weighted by atomic mass is 9.90. The maximum Gasteiger partial charge on any atom is 0.192 e. The van der Waals surface area contributed by atoms with Crippen LogP contribution >= 0.6 is 15.9 Å². The van der Waals surface area contributed by atoms with Crippen molar-refractivity contribution >= 4 is 15.9 Å². The van der Waals surface area contributed by atoms with Gasteiger partial charge in [-0.2, -0.15) is 0 Å². The summed E-state index contributed by atoms with van der Waals surface area (Å²) in [7, 11) is 0. The van der Waals surface area contributed by atoms with Gasteiger partial charge in [-0.25, -0.2) is 4.68 Å². The topological polar surface area (TPSA) is 82.3 Å². The number of halogens is 1. The van der Waals surface area contributed by atoms with Crippen LogP contribution in [0.2, 0.25) is 0 Å². The van der Waals surface area contributed by atoms with E-state index in [4.69, 9.17) is 9.47 Å². The predicted molar refractivity (Wildman–Crippen MR) is 83.5 cm³/mol. The number of aliphatic hydroxyl groups is 1. The lowest BCUT2D eigenvalue weighted by molar-refractivity contribution is -0.219. The average Bonchev–Trinajstić information content (AvgIpc) is 3.17. The molecule has 1 N–H and O–H groups in total. The van der Waals surface area contributed by atoms with Gasteiger partial charge < -0.3 is 14.6 Å². The molecule has 2 bridgehead atoms. The Morgan fingerprint density at radius 1 is 1.52 bits per heavy atom. The van der Waals surface area contributed by atoms with Crippen LogP contribution in [0.15, 0.2) is 22.9 Å². The first-order chi connectivity index (χ1) is 11.1. The first kappa shape index (κ1) is 15.2. The lowest BCUT2D eigenvalue weighted by Crippen LogP contribution is -2.44. The molecule has 2 aliphatic rings. The Morgan fingerprint density at radius 3 is 3.26 bits per heavy atom. The Balaban J connectivity index is 1.58. The number of aryl methyl sites for hydroxylation is 1. The van der Waals surface area contributed by atoms with E-state index in [0.29, 0.717) is 25.3 Å². The van der Waals surface area contributed by atoms with Gasteiger partial charge in [-0.05, 0) is 47.3 Å². The molecule has 2 aliphatic heterocycles. The molecule has 4 rings (SSSR count). The Hall–Kier alpha value is -1.35. The standard InChI is InChI=1S/C15H17BrN4O3/c1-9-3-5-17-11(13(9)16)6-20-7-12(18-19-20)15(21)4-2-10-8-22-14(15)23-10/h3,5,7,10,14,21H,2,4,6,8H2,1H3/t10-,14+,15?/m0/s1. The molecule has 7 nitrogen and oxygen atoms in total. The molecule has 23 heavy (non-hydrogen) atoms. The fraction of sp³-hybridized carbons (Fsp3) is 0.533. The fourth-order valence-electron chi connectivity index (χ4n) is 3.03. The summed E-state index contributed by atoms with van der Waals surface area (Å²) in [4.78, 5) is 4.36. The fourth-order valence-corrected chi connectivity index (χ4v) is 3.39. The summed E-state index contributed by atoms with van der Waals surface area (Å²) in [5, 5.41) is 19.2. The molecule has 0 aliphatic carbocycles. The van der Waals surface area contributed by atoms with Crippen LogP contribution in [0.5, 0.6) is 0 Å². The van der Waals surface area contributed by atoms with Crippen LogP contribution in [0.3, 0.4) is 0 Å². The molecule has 0 spiro atoms. The molecule has 2 fully saturated rings. The molecule has 0 radical (unpaired) electrons. The second-order valence-corrected chi connectivity index (χ2v) is 6.87. The molecule has 0 saturated carbocycles. The highest BCUT2D eigenvalue weighted by Crippen LogP contribution is 2.40. The van der Waals surface area contributed by atoms with Gasteiger partial charge >= 0.3 is 0 Å². The number of nitrogens with zero attached hydrogens (tertiary/aromatic N) is 4. The summed E-state index contributed by atoms with van der Waals surface area (Å²) in [5.41, 5.74) is 1.22. The number of hydrogen-bond acceptors (Lipinski definition) is 6. The molecule has 0 amide bonds. The molecule has 3 atom stereocenters. The number of fused-ring (bicyclic) bond motifs is 2. The number of rotatable bonds is 3. The summed E-state index contributed by atoms with van der Waals surface area (Å²) in [5.74, 6) is 0. The molecule has 4 heterocycles. The van der Waals surface area contributed by atoms with Gasteiger partial charge in [0.2, 0.25) is 0 Å². The van der Waals surface area contributed by atoms with Crippen molar-refractivity contribution < 1.29 is 14.6 Å². The van der Waals surface area contributed by atoms with Crippen LogP contribution in [0.1, 0.15) is 29.8 Å². The number of hydrogen-bond donors (Lipinski definition) is 1. The van der Waals surface area contributed by atoms with Crippen molar-refractivity contribution in [3.63, 3.8) is 0 Å². The third kappa shape index (κ3) is 2.59. The normalized spacial score (nSPS) is 29.9. The molecule has 8 heteroatoms. The Morgan fingerprint density at radius 2 is 2.39 bits per heavy atom. The molecule has 122 valence electrons. The largest absolute Gasteiger partial charge is 0.378 e. The first-order valence-corrected chi connectivity index (χ1v) is 8.35. The van der Waals surface area contributed by atoms with Gasteiger partial charge in [0.25, 0.3) is 0 Å². The molecular formula is C15H17BrN4O3.